The highest BCUT2D eigenvalue weighted by molar-refractivity contribution is 7.40. The monoisotopic (exact) mass is 190 g/mol. The molecule has 0 aliphatic carbocycles. The van der Waals surface area contributed by atoms with Crippen LogP contribution in [0.25, 0.3) is 0 Å². The molecule has 0 rings (SSSR count). The summed E-state index contributed by atoms with van der Waals surface area (Å²) in [5.74, 6) is 0. The van der Waals surface area contributed by atoms with Crippen LogP contribution in [0.2, 0.25) is 0 Å². The van der Waals surface area contributed by atoms with Crippen molar-refractivity contribution in [1.29, 1.82) is 0 Å². The Kier molecular flexibility index (Phi) is 5.77. The Hall–Kier alpha value is -0.530. The minimum absolute atomic E-state index is 0.984. The highest BCUT2D eigenvalue weighted by atomic mass is 31.2. The first-order valence-corrected chi connectivity index (χ1v) is 4.74. The van der Waals surface area contributed by atoms with Crippen LogP contribution in [0.4, 0.5) is 0 Å². The molecule has 0 aromatic heterocycles. The molecule has 12 heavy (non-hydrogen) atoms. The molecule has 1 N–H and O–H groups in total. The summed E-state index contributed by atoms with van der Waals surface area (Å²) < 4.78 is 9.69. The van der Waals surface area contributed by atoms with Gasteiger partial charge in [-0.15, -0.1) is 0 Å². The van der Waals surface area contributed by atoms with Gasteiger partial charge in [-0.3, -0.25) is 0 Å². The van der Waals surface area contributed by atoms with Crippen LogP contribution in [0.5, 0.6) is 0 Å². The van der Waals surface area contributed by atoms with Crippen molar-refractivity contribution in [2.75, 3.05) is 0 Å². The maximum atomic E-state index is 9.08. The van der Waals surface area contributed by atoms with Gasteiger partial charge in [0.05, 0.1) is 12.5 Å². The van der Waals surface area contributed by atoms with Gasteiger partial charge in [-0.1, -0.05) is 0 Å². The SMILES string of the molecule is CC(C)=COP(O)OC=C(C)C. The van der Waals surface area contributed by atoms with Crippen LogP contribution in [0.1, 0.15) is 27.7 Å². The van der Waals surface area contributed by atoms with E-state index in [-0.39, 0.29) is 0 Å². The second-order valence-electron chi connectivity index (χ2n) is 2.84. The maximum Gasteiger partial charge on any atom is 0.459 e. The van der Waals surface area contributed by atoms with Crippen molar-refractivity contribution in [3.63, 3.8) is 0 Å². The highest BCUT2D eigenvalue weighted by Gasteiger charge is 2.03. The van der Waals surface area contributed by atoms with Gasteiger partial charge in [0.15, 0.2) is 0 Å². The average molecular weight is 190 g/mol. The van der Waals surface area contributed by atoms with Crippen molar-refractivity contribution < 1.29 is 13.9 Å². The van der Waals surface area contributed by atoms with Crippen molar-refractivity contribution in [3.05, 3.63) is 23.7 Å². The lowest BCUT2D eigenvalue weighted by molar-refractivity contribution is 0.318. The first-order valence-electron chi connectivity index (χ1n) is 3.61. The summed E-state index contributed by atoms with van der Waals surface area (Å²) in [5.41, 5.74) is 1.97. The molecule has 0 heterocycles. The second kappa shape index (κ2) is 6.04. The minimum atomic E-state index is -1.80. The van der Waals surface area contributed by atoms with E-state index in [2.05, 4.69) is 0 Å². The molecular weight excluding hydrogens is 175 g/mol. The van der Waals surface area contributed by atoms with Crippen LogP contribution in [0.15, 0.2) is 23.7 Å². The molecule has 0 unspecified atom stereocenters. The van der Waals surface area contributed by atoms with E-state index in [9.17, 15) is 0 Å². The van der Waals surface area contributed by atoms with Crippen molar-refractivity contribution in [2.45, 2.75) is 27.7 Å². The van der Waals surface area contributed by atoms with Crippen LogP contribution in [0.3, 0.4) is 0 Å². The van der Waals surface area contributed by atoms with E-state index < -0.39 is 8.60 Å². The molecule has 0 aromatic carbocycles. The zero-order valence-corrected chi connectivity index (χ0v) is 8.76. The summed E-state index contributed by atoms with van der Waals surface area (Å²) in [5, 5.41) is 0. The van der Waals surface area contributed by atoms with Gasteiger partial charge in [0.25, 0.3) is 0 Å². The Morgan fingerprint density at radius 3 is 1.58 bits per heavy atom. The third-order valence-electron chi connectivity index (χ3n) is 0.757. The number of allylic oxidation sites excluding steroid dienone is 2. The number of rotatable bonds is 4. The summed E-state index contributed by atoms with van der Waals surface area (Å²) in [6.07, 6.45) is 2.95. The molecule has 0 bridgehead atoms. The van der Waals surface area contributed by atoms with Crippen molar-refractivity contribution in [1.82, 2.24) is 0 Å². The third kappa shape index (κ3) is 7.58. The number of hydrogen-bond acceptors (Lipinski definition) is 3. The van der Waals surface area contributed by atoms with Gasteiger partial charge in [0.2, 0.25) is 0 Å². The van der Waals surface area contributed by atoms with Gasteiger partial charge >= 0.3 is 8.60 Å². The molecule has 0 radical (unpaired) electrons. The largest absolute Gasteiger partial charge is 0.459 e. The maximum absolute atomic E-state index is 9.08. The van der Waals surface area contributed by atoms with Gasteiger partial charge < -0.3 is 13.9 Å². The van der Waals surface area contributed by atoms with E-state index in [0.717, 1.165) is 11.1 Å². The molecular formula is C8H15O3P. The molecule has 3 nitrogen and oxygen atoms in total. The van der Waals surface area contributed by atoms with Crippen LogP contribution < -0.4 is 0 Å². The lowest BCUT2D eigenvalue weighted by Gasteiger charge is -2.06. The van der Waals surface area contributed by atoms with E-state index in [4.69, 9.17) is 13.9 Å². The fourth-order valence-corrected chi connectivity index (χ4v) is 0.978. The van der Waals surface area contributed by atoms with Gasteiger partial charge in [0, 0.05) is 0 Å². The highest BCUT2D eigenvalue weighted by Crippen LogP contribution is 2.34. The van der Waals surface area contributed by atoms with Gasteiger partial charge in [-0.2, -0.15) is 0 Å². The standard InChI is InChI=1S/C8H15O3P/c1-7(2)5-10-12(9)11-6-8(3)4/h5-6,9H,1-4H3. The molecule has 0 aromatic rings. The van der Waals surface area contributed by atoms with Crippen molar-refractivity contribution in [3.8, 4) is 0 Å². The van der Waals surface area contributed by atoms with Gasteiger partial charge in [0.1, 0.15) is 0 Å². The summed E-state index contributed by atoms with van der Waals surface area (Å²) in [6.45, 7) is 7.52. The van der Waals surface area contributed by atoms with E-state index in [1.807, 2.05) is 27.7 Å². The number of hydrogen-bond donors (Lipinski definition) is 1. The fourth-order valence-electron chi connectivity index (χ4n) is 0.326. The Balaban J connectivity index is 3.68. The van der Waals surface area contributed by atoms with Crippen LogP contribution >= 0.6 is 8.60 Å². The molecule has 4 heteroatoms. The van der Waals surface area contributed by atoms with E-state index in [1.165, 1.54) is 12.5 Å². The molecule has 0 aliphatic rings. The lowest BCUT2D eigenvalue weighted by Crippen LogP contribution is -1.79. The molecule has 0 amide bonds. The van der Waals surface area contributed by atoms with Crippen molar-refractivity contribution >= 4 is 8.60 Å². The van der Waals surface area contributed by atoms with Crippen molar-refractivity contribution in [2.24, 2.45) is 0 Å². The molecule has 0 saturated heterocycles. The molecule has 0 aliphatic heterocycles. The van der Waals surface area contributed by atoms with Crippen LogP contribution in [-0.4, -0.2) is 4.89 Å². The predicted molar refractivity (Wildman–Crippen MR) is 50.2 cm³/mol. The minimum Gasteiger partial charge on any atom is -0.426 e. The second-order valence-corrected chi connectivity index (χ2v) is 3.74. The molecule has 0 fully saturated rings. The smallest absolute Gasteiger partial charge is 0.426 e. The topological polar surface area (TPSA) is 38.7 Å². The third-order valence-corrected chi connectivity index (χ3v) is 1.33. The molecule has 0 spiro atoms. The Morgan fingerprint density at radius 1 is 1.00 bits per heavy atom. The summed E-state index contributed by atoms with van der Waals surface area (Å²) in [4.78, 5) is 9.08. The van der Waals surface area contributed by atoms with E-state index in [1.54, 1.807) is 0 Å². The average Bonchev–Trinajstić information content (AvgIpc) is 1.96. The quantitative estimate of drug-likeness (QED) is 0.546. The summed E-state index contributed by atoms with van der Waals surface area (Å²) >= 11 is 0. The van der Waals surface area contributed by atoms with Gasteiger partial charge in [-0.05, 0) is 38.8 Å². The Labute approximate surface area is 74.7 Å². The first kappa shape index (κ1) is 11.5. The Morgan fingerprint density at radius 2 is 1.33 bits per heavy atom. The first-order chi connectivity index (χ1) is 5.52. The summed E-state index contributed by atoms with van der Waals surface area (Å²) in [6, 6.07) is 0. The zero-order valence-electron chi connectivity index (χ0n) is 7.87. The lowest BCUT2D eigenvalue weighted by atomic mass is 10.4. The zero-order chi connectivity index (χ0) is 9.56. The molecule has 0 saturated carbocycles. The molecule has 70 valence electrons. The molecule has 0 atom stereocenters. The van der Waals surface area contributed by atoms with Gasteiger partial charge in [-0.25, -0.2) is 0 Å². The van der Waals surface area contributed by atoms with Crippen LogP contribution in [-0.2, 0) is 9.05 Å². The fraction of sp³-hybridized carbons (Fsp3) is 0.500. The van der Waals surface area contributed by atoms with E-state index >= 15 is 0 Å². The summed E-state index contributed by atoms with van der Waals surface area (Å²) in [7, 11) is -1.80. The predicted octanol–water partition coefficient (Wildman–Crippen LogP) is 3.09. The Bertz CT molecular complexity index is 159. The normalized spacial score (nSPS) is 9.17. The van der Waals surface area contributed by atoms with Crippen LogP contribution in [0, 0.1) is 0 Å². The van der Waals surface area contributed by atoms with E-state index in [0.29, 0.717) is 0 Å².